The summed E-state index contributed by atoms with van der Waals surface area (Å²) in [4.78, 5) is 9.91. The molecular formula is C14H5ClF7N3O2. The van der Waals surface area contributed by atoms with Gasteiger partial charge in [0.2, 0.25) is 0 Å². The Morgan fingerprint density at radius 3 is 2.11 bits per heavy atom. The molecule has 1 N–H and O–H groups in total. The van der Waals surface area contributed by atoms with Gasteiger partial charge in [-0.3, -0.25) is 15.5 Å². The summed E-state index contributed by atoms with van der Waals surface area (Å²) in [7, 11) is 0. The topological polar surface area (TPSA) is 67.5 Å². The van der Waals surface area contributed by atoms with Gasteiger partial charge in [-0.2, -0.15) is 18.3 Å². The summed E-state index contributed by atoms with van der Waals surface area (Å²) in [5.74, 6) is -10.00. The van der Waals surface area contributed by atoms with Crippen molar-refractivity contribution in [3.05, 3.63) is 67.7 Å². The molecule has 2 aromatic rings. The van der Waals surface area contributed by atoms with Gasteiger partial charge in [0.1, 0.15) is 16.3 Å². The second-order valence-electron chi connectivity index (χ2n) is 4.84. The van der Waals surface area contributed by atoms with E-state index in [4.69, 9.17) is 11.6 Å². The Labute approximate surface area is 150 Å². The van der Waals surface area contributed by atoms with E-state index in [0.717, 1.165) is 18.3 Å². The van der Waals surface area contributed by atoms with Crippen molar-refractivity contribution in [1.82, 2.24) is 0 Å². The van der Waals surface area contributed by atoms with E-state index in [1.165, 1.54) is 11.5 Å². The number of rotatable bonds is 4. The zero-order valence-corrected chi connectivity index (χ0v) is 13.3. The number of hydrogen-bond donors (Lipinski definition) is 1. The van der Waals surface area contributed by atoms with E-state index in [-0.39, 0.29) is 10.6 Å². The van der Waals surface area contributed by atoms with Crippen LogP contribution in [0.25, 0.3) is 0 Å². The molecule has 2 rings (SSSR count). The van der Waals surface area contributed by atoms with Gasteiger partial charge in [-0.1, -0.05) is 17.7 Å². The molecule has 0 amide bonds. The Morgan fingerprint density at radius 2 is 1.63 bits per heavy atom. The van der Waals surface area contributed by atoms with Gasteiger partial charge in [-0.15, -0.1) is 0 Å². The first-order valence-corrected chi connectivity index (χ1v) is 6.99. The van der Waals surface area contributed by atoms with Crippen LogP contribution in [0.2, 0.25) is 5.02 Å². The zero-order chi connectivity index (χ0) is 20.5. The summed E-state index contributed by atoms with van der Waals surface area (Å²) in [6.07, 6.45) is -4.91. The molecule has 0 atom stereocenters. The number of nitro benzene ring substituents is 1. The van der Waals surface area contributed by atoms with Gasteiger partial charge in [0.25, 0.3) is 5.69 Å². The highest BCUT2D eigenvalue weighted by atomic mass is 35.5. The van der Waals surface area contributed by atoms with E-state index in [1.54, 1.807) is 0 Å². The van der Waals surface area contributed by atoms with Gasteiger partial charge in [-0.25, -0.2) is 17.6 Å². The molecule has 144 valence electrons. The molecule has 13 heteroatoms. The van der Waals surface area contributed by atoms with Crippen LogP contribution in [0.3, 0.4) is 0 Å². The minimum atomic E-state index is -5.67. The zero-order valence-electron chi connectivity index (χ0n) is 12.5. The molecule has 0 radical (unpaired) electrons. The van der Waals surface area contributed by atoms with Crippen LogP contribution in [0.1, 0.15) is 11.1 Å². The molecule has 0 aromatic heterocycles. The Bertz CT molecular complexity index is 918. The number of nitro groups is 1. The van der Waals surface area contributed by atoms with Crippen LogP contribution in [0, 0.1) is 33.4 Å². The third-order valence-corrected chi connectivity index (χ3v) is 3.42. The van der Waals surface area contributed by atoms with Crippen molar-refractivity contribution in [3.8, 4) is 0 Å². The number of anilines is 1. The summed E-state index contributed by atoms with van der Waals surface area (Å²) in [6, 6.07) is 3.25. The SMILES string of the molecule is O=[N+]([O-])c1cc(C=NNc2c(F)c(F)c(C(F)(F)F)c(F)c2F)ccc1Cl. The highest BCUT2D eigenvalue weighted by Crippen LogP contribution is 2.38. The molecule has 0 saturated heterocycles. The van der Waals surface area contributed by atoms with E-state index in [9.17, 15) is 40.8 Å². The standard InChI is InChI=1S/C14H5ClF7N3O2/c15-6-2-1-5(3-7(6)25(26)27)4-23-24-13-11(18)9(16)8(14(20,21)22)10(17)12(13)19/h1-4,24H. The first kappa shape index (κ1) is 20.4. The van der Waals surface area contributed by atoms with Gasteiger partial charge in [0, 0.05) is 11.6 Å². The first-order chi connectivity index (χ1) is 12.4. The number of hydrazone groups is 1. The Morgan fingerprint density at radius 1 is 1.07 bits per heavy atom. The Balaban J connectivity index is 2.38. The molecule has 0 aliphatic heterocycles. The van der Waals surface area contributed by atoms with Crippen molar-refractivity contribution in [2.75, 3.05) is 5.43 Å². The Kier molecular flexibility index (Phi) is 5.59. The lowest BCUT2D eigenvalue weighted by Crippen LogP contribution is -2.16. The van der Waals surface area contributed by atoms with E-state index < -0.39 is 51.3 Å². The minimum absolute atomic E-state index is 0.00716. The van der Waals surface area contributed by atoms with Crippen LogP contribution in [-0.2, 0) is 6.18 Å². The second kappa shape index (κ2) is 7.39. The summed E-state index contributed by atoms with van der Waals surface area (Å²) >= 11 is 5.57. The largest absolute Gasteiger partial charge is 0.422 e. The average molecular weight is 416 g/mol. The second-order valence-corrected chi connectivity index (χ2v) is 5.25. The fourth-order valence-electron chi connectivity index (χ4n) is 1.90. The van der Waals surface area contributed by atoms with Gasteiger partial charge in [0.05, 0.1) is 11.1 Å². The number of benzene rings is 2. The molecule has 5 nitrogen and oxygen atoms in total. The van der Waals surface area contributed by atoms with Crippen molar-refractivity contribution < 1.29 is 35.7 Å². The lowest BCUT2D eigenvalue weighted by molar-refractivity contribution is -0.384. The van der Waals surface area contributed by atoms with Gasteiger partial charge < -0.3 is 0 Å². The highest BCUT2D eigenvalue weighted by molar-refractivity contribution is 6.32. The number of halogens is 8. The molecule has 0 aliphatic carbocycles. The fourth-order valence-corrected chi connectivity index (χ4v) is 2.09. The molecule has 0 heterocycles. The monoisotopic (exact) mass is 415 g/mol. The molecule has 0 aliphatic rings. The molecule has 0 unspecified atom stereocenters. The number of alkyl halides is 3. The maximum Gasteiger partial charge on any atom is 0.422 e. The van der Waals surface area contributed by atoms with Crippen LogP contribution >= 0.6 is 11.6 Å². The van der Waals surface area contributed by atoms with Crippen molar-refractivity contribution in [2.24, 2.45) is 5.10 Å². The maximum atomic E-state index is 13.7. The normalized spacial score (nSPS) is 11.9. The van der Waals surface area contributed by atoms with Gasteiger partial charge >= 0.3 is 6.18 Å². The summed E-state index contributed by atoms with van der Waals surface area (Å²) < 4.78 is 91.7. The number of nitrogens with zero attached hydrogens (tertiary/aromatic N) is 2. The van der Waals surface area contributed by atoms with E-state index >= 15 is 0 Å². The quantitative estimate of drug-likeness (QED) is 0.243. The van der Waals surface area contributed by atoms with Crippen molar-refractivity contribution in [1.29, 1.82) is 0 Å². The summed E-state index contributed by atoms with van der Waals surface area (Å²) in [5, 5.41) is 13.7. The van der Waals surface area contributed by atoms with Crippen LogP contribution in [-0.4, -0.2) is 11.1 Å². The fraction of sp³-hybridized carbons (Fsp3) is 0.0714. The average Bonchev–Trinajstić information content (AvgIpc) is 2.56. The lowest BCUT2D eigenvalue weighted by atomic mass is 10.1. The predicted octanol–water partition coefficient (Wildman–Crippen LogP) is 5.27. The molecule has 0 fully saturated rings. The third kappa shape index (κ3) is 4.10. The van der Waals surface area contributed by atoms with Crippen LogP contribution in [0.4, 0.5) is 42.1 Å². The predicted molar refractivity (Wildman–Crippen MR) is 80.6 cm³/mol. The summed E-state index contributed by atoms with van der Waals surface area (Å²) in [5.41, 5.74) is -3.34. The molecule has 2 aromatic carbocycles. The van der Waals surface area contributed by atoms with Crippen LogP contribution < -0.4 is 5.43 Å². The van der Waals surface area contributed by atoms with Crippen molar-refractivity contribution in [3.63, 3.8) is 0 Å². The van der Waals surface area contributed by atoms with E-state index in [0.29, 0.717) is 0 Å². The molecular weight excluding hydrogens is 411 g/mol. The molecule has 0 spiro atoms. The van der Waals surface area contributed by atoms with Gasteiger partial charge in [0.15, 0.2) is 23.3 Å². The van der Waals surface area contributed by atoms with E-state index in [1.807, 2.05) is 0 Å². The molecule has 0 bridgehead atoms. The Hall–Kier alpha value is -2.89. The van der Waals surface area contributed by atoms with Gasteiger partial charge in [-0.05, 0) is 6.07 Å². The van der Waals surface area contributed by atoms with Crippen molar-refractivity contribution in [2.45, 2.75) is 6.18 Å². The number of nitrogens with one attached hydrogen (secondary N) is 1. The first-order valence-electron chi connectivity index (χ1n) is 6.61. The molecule has 27 heavy (non-hydrogen) atoms. The maximum absolute atomic E-state index is 13.7. The lowest BCUT2D eigenvalue weighted by Gasteiger charge is -2.13. The van der Waals surface area contributed by atoms with Crippen LogP contribution in [0.15, 0.2) is 23.3 Å². The summed E-state index contributed by atoms with van der Waals surface area (Å²) in [6.45, 7) is 0. The number of hydrogen-bond acceptors (Lipinski definition) is 4. The van der Waals surface area contributed by atoms with Crippen molar-refractivity contribution >= 4 is 29.2 Å². The van der Waals surface area contributed by atoms with E-state index in [2.05, 4.69) is 5.10 Å². The third-order valence-electron chi connectivity index (χ3n) is 3.10. The minimum Gasteiger partial charge on any atom is -0.272 e. The highest BCUT2D eigenvalue weighted by Gasteiger charge is 2.42. The smallest absolute Gasteiger partial charge is 0.272 e. The van der Waals surface area contributed by atoms with Crippen LogP contribution in [0.5, 0.6) is 0 Å². The molecule has 0 saturated carbocycles.